The molecule has 1 unspecified atom stereocenters. The molecule has 0 bridgehead atoms. The number of rotatable bonds is 7. The average molecular weight is 354 g/mol. The van der Waals surface area contributed by atoms with Crippen molar-refractivity contribution in [3.63, 3.8) is 0 Å². The van der Waals surface area contributed by atoms with Crippen molar-refractivity contribution in [1.82, 2.24) is 5.32 Å². The average Bonchev–Trinajstić information content (AvgIpc) is 2.44. The van der Waals surface area contributed by atoms with Crippen LogP contribution in [0.15, 0.2) is 12.7 Å². The van der Waals surface area contributed by atoms with E-state index in [1.165, 1.54) is 0 Å². The quantitative estimate of drug-likeness (QED) is 0.629. The number of nitrogens with one attached hydrogen (secondary N) is 1. The molecule has 4 heteroatoms. The number of allylic oxidation sites excluding steroid dienone is 1. The summed E-state index contributed by atoms with van der Waals surface area (Å²) in [6.45, 7) is 15.9. The van der Waals surface area contributed by atoms with Crippen LogP contribution in [0.5, 0.6) is 0 Å². The van der Waals surface area contributed by atoms with Crippen molar-refractivity contribution in [3.05, 3.63) is 12.7 Å². The Morgan fingerprint density at radius 3 is 2.44 bits per heavy atom. The Kier molecular flexibility index (Phi) is 7.98. The fourth-order valence-electron chi connectivity index (χ4n) is 4.20. The van der Waals surface area contributed by atoms with Gasteiger partial charge < -0.3 is 15.2 Å². The Hall–Kier alpha value is -1.03. The first-order chi connectivity index (χ1) is 11.5. The first-order valence-electron chi connectivity index (χ1n) is 9.79. The molecule has 0 aliphatic heterocycles. The van der Waals surface area contributed by atoms with Crippen molar-refractivity contribution in [1.29, 1.82) is 0 Å². The van der Waals surface area contributed by atoms with E-state index in [2.05, 4.69) is 25.7 Å². The van der Waals surface area contributed by atoms with Crippen molar-refractivity contribution in [2.45, 2.75) is 97.8 Å². The minimum Gasteiger partial charge on any atom is -0.444 e. The van der Waals surface area contributed by atoms with Crippen LogP contribution in [0.25, 0.3) is 0 Å². The Bertz CT molecular complexity index is 439. The minimum absolute atomic E-state index is 0.0342. The summed E-state index contributed by atoms with van der Waals surface area (Å²) in [4.78, 5) is 12.4. The lowest BCUT2D eigenvalue weighted by molar-refractivity contribution is 0.0123. The molecular formula is C21H39NO3. The standard InChI is InChI=1S/C21H39NO3/c1-8-17(15(2)3)14-21(13-16(4)23)12-10-9-11-18(21)22-19(24)25-20(5,6)7/h8,15-18,23H,1,9-14H2,2-7H3,(H,22,24)/t16-,17-,18?,21+/m0/s1. The van der Waals surface area contributed by atoms with Crippen LogP contribution in [0.1, 0.15) is 80.1 Å². The molecule has 1 aliphatic carbocycles. The van der Waals surface area contributed by atoms with Gasteiger partial charge in [-0.05, 0) is 70.6 Å². The fourth-order valence-corrected chi connectivity index (χ4v) is 4.20. The summed E-state index contributed by atoms with van der Waals surface area (Å²) in [5.41, 5.74) is -0.611. The van der Waals surface area contributed by atoms with Crippen LogP contribution in [0.4, 0.5) is 4.79 Å². The number of hydrogen-bond donors (Lipinski definition) is 2. The number of aliphatic hydroxyl groups excluding tert-OH is 1. The Labute approximate surface area is 154 Å². The van der Waals surface area contributed by atoms with Crippen molar-refractivity contribution in [2.75, 3.05) is 0 Å². The van der Waals surface area contributed by atoms with Gasteiger partial charge in [0.15, 0.2) is 0 Å². The van der Waals surface area contributed by atoms with Crippen LogP contribution in [-0.4, -0.2) is 28.9 Å². The van der Waals surface area contributed by atoms with Crippen LogP contribution in [-0.2, 0) is 4.74 Å². The summed E-state index contributed by atoms with van der Waals surface area (Å²) in [7, 11) is 0. The van der Waals surface area contributed by atoms with Gasteiger partial charge >= 0.3 is 6.09 Å². The van der Waals surface area contributed by atoms with Gasteiger partial charge in [-0.2, -0.15) is 0 Å². The van der Waals surface area contributed by atoms with E-state index >= 15 is 0 Å². The SMILES string of the molecule is C=C[C@@H](C[C@]1(C[C@H](C)O)CCCCC1NC(=O)OC(C)(C)C)C(C)C. The van der Waals surface area contributed by atoms with Crippen LogP contribution in [0, 0.1) is 17.3 Å². The second kappa shape index (κ2) is 9.07. The van der Waals surface area contributed by atoms with E-state index in [1.807, 2.05) is 33.8 Å². The van der Waals surface area contributed by atoms with Gasteiger partial charge in [-0.3, -0.25) is 0 Å². The largest absolute Gasteiger partial charge is 0.444 e. The maximum atomic E-state index is 12.4. The van der Waals surface area contributed by atoms with E-state index in [1.54, 1.807) is 0 Å². The molecule has 0 spiro atoms. The molecule has 1 amide bonds. The number of carbonyl (C=O) groups is 1. The van der Waals surface area contributed by atoms with E-state index in [0.717, 1.165) is 32.1 Å². The molecule has 0 radical (unpaired) electrons. The molecule has 0 saturated heterocycles. The molecule has 1 fully saturated rings. The number of hydrogen-bond acceptors (Lipinski definition) is 3. The highest BCUT2D eigenvalue weighted by Gasteiger charge is 2.44. The molecule has 2 N–H and O–H groups in total. The normalized spacial score (nSPS) is 26.8. The predicted molar refractivity (Wildman–Crippen MR) is 103 cm³/mol. The van der Waals surface area contributed by atoms with Gasteiger partial charge in [-0.15, -0.1) is 6.58 Å². The van der Waals surface area contributed by atoms with E-state index < -0.39 is 11.7 Å². The molecule has 25 heavy (non-hydrogen) atoms. The number of aliphatic hydroxyl groups is 1. The zero-order valence-electron chi connectivity index (χ0n) is 17.1. The fraction of sp³-hybridized carbons (Fsp3) is 0.857. The van der Waals surface area contributed by atoms with Gasteiger partial charge in [0.25, 0.3) is 0 Å². The van der Waals surface area contributed by atoms with Crippen molar-refractivity contribution in [3.8, 4) is 0 Å². The zero-order chi connectivity index (χ0) is 19.3. The molecule has 0 aromatic rings. The topological polar surface area (TPSA) is 58.6 Å². The minimum atomic E-state index is -0.507. The van der Waals surface area contributed by atoms with Crippen LogP contribution >= 0.6 is 0 Å². The Balaban J connectivity index is 3.02. The summed E-state index contributed by atoms with van der Waals surface area (Å²) in [5.74, 6) is 0.868. The highest BCUT2D eigenvalue weighted by Crippen LogP contribution is 2.46. The van der Waals surface area contributed by atoms with E-state index in [-0.39, 0.29) is 17.6 Å². The number of amides is 1. The lowest BCUT2D eigenvalue weighted by atomic mass is 9.62. The second-order valence-electron chi connectivity index (χ2n) is 9.21. The molecule has 4 nitrogen and oxygen atoms in total. The molecule has 1 saturated carbocycles. The lowest BCUT2D eigenvalue weighted by Crippen LogP contribution is -2.52. The third-order valence-electron chi connectivity index (χ3n) is 5.35. The third kappa shape index (κ3) is 7.01. The molecule has 0 aromatic heterocycles. The van der Waals surface area contributed by atoms with E-state index in [9.17, 15) is 9.90 Å². The molecule has 0 heterocycles. The van der Waals surface area contributed by atoms with Crippen LogP contribution < -0.4 is 5.32 Å². The number of alkyl carbamates (subject to hydrolysis) is 1. The maximum absolute atomic E-state index is 12.4. The third-order valence-corrected chi connectivity index (χ3v) is 5.35. The molecule has 146 valence electrons. The summed E-state index contributed by atoms with van der Waals surface area (Å²) in [5, 5.41) is 13.3. The zero-order valence-corrected chi connectivity index (χ0v) is 17.1. The molecular weight excluding hydrogens is 314 g/mol. The van der Waals surface area contributed by atoms with Gasteiger partial charge in [0.2, 0.25) is 0 Å². The summed E-state index contributed by atoms with van der Waals surface area (Å²) in [6.07, 6.45) is 7.14. The highest BCUT2D eigenvalue weighted by molar-refractivity contribution is 5.68. The summed E-state index contributed by atoms with van der Waals surface area (Å²) in [6, 6.07) is 0.0342. The van der Waals surface area contributed by atoms with Gasteiger partial charge in [-0.1, -0.05) is 32.8 Å². The van der Waals surface area contributed by atoms with Gasteiger partial charge in [0.05, 0.1) is 6.10 Å². The first-order valence-corrected chi connectivity index (χ1v) is 9.79. The van der Waals surface area contributed by atoms with Crippen molar-refractivity contribution < 1.29 is 14.6 Å². The highest BCUT2D eigenvalue weighted by atomic mass is 16.6. The van der Waals surface area contributed by atoms with Crippen LogP contribution in [0.2, 0.25) is 0 Å². The maximum Gasteiger partial charge on any atom is 0.407 e. The van der Waals surface area contributed by atoms with E-state index in [4.69, 9.17) is 4.74 Å². The Morgan fingerprint density at radius 1 is 1.32 bits per heavy atom. The monoisotopic (exact) mass is 353 g/mol. The van der Waals surface area contributed by atoms with Crippen molar-refractivity contribution >= 4 is 6.09 Å². The number of ether oxygens (including phenoxy) is 1. The summed E-state index contributed by atoms with van der Waals surface area (Å²) >= 11 is 0. The predicted octanol–water partition coefficient (Wildman–Crippen LogP) is 5.06. The molecule has 1 rings (SSSR count). The molecule has 1 aliphatic rings. The van der Waals surface area contributed by atoms with Crippen molar-refractivity contribution in [2.24, 2.45) is 17.3 Å². The van der Waals surface area contributed by atoms with Gasteiger partial charge in [0, 0.05) is 6.04 Å². The smallest absolute Gasteiger partial charge is 0.407 e. The summed E-state index contributed by atoms with van der Waals surface area (Å²) < 4.78 is 5.48. The van der Waals surface area contributed by atoms with Gasteiger partial charge in [-0.25, -0.2) is 4.79 Å². The lowest BCUT2D eigenvalue weighted by Gasteiger charge is -2.47. The number of carbonyl (C=O) groups excluding carboxylic acids is 1. The Morgan fingerprint density at radius 2 is 1.96 bits per heavy atom. The van der Waals surface area contributed by atoms with Crippen LogP contribution in [0.3, 0.4) is 0 Å². The van der Waals surface area contributed by atoms with Gasteiger partial charge in [0.1, 0.15) is 5.60 Å². The molecule has 4 atom stereocenters. The second-order valence-corrected chi connectivity index (χ2v) is 9.21. The van der Waals surface area contributed by atoms with E-state index in [0.29, 0.717) is 18.3 Å². The molecule has 0 aromatic carbocycles. The first kappa shape index (κ1) is 22.0.